The van der Waals surface area contributed by atoms with Gasteiger partial charge in [0, 0.05) is 11.4 Å². The van der Waals surface area contributed by atoms with Crippen LogP contribution in [0.5, 0.6) is 0 Å². The molecule has 3 nitrogen and oxygen atoms in total. The summed E-state index contributed by atoms with van der Waals surface area (Å²) in [6.45, 7) is 6.45. The maximum absolute atomic E-state index is 12.0. The van der Waals surface area contributed by atoms with Gasteiger partial charge in [-0.2, -0.15) is 0 Å². The first kappa shape index (κ1) is 15.1. The molecule has 21 heavy (non-hydrogen) atoms. The molecule has 2 rings (SSSR count). The van der Waals surface area contributed by atoms with Crippen LogP contribution in [0.25, 0.3) is 0 Å². The van der Waals surface area contributed by atoms with E-state index in [0.29, 0.717) is 0 Å². The number of rotatable bonds is 5. The Morgan fingerprint density at radius 3 is 2.43 bits per heavy atom. The first-order chi connectivity index (χ1) is 10.1. The molecule has 0 saturated carbocycles. The van der Waals surface area contributed by atoms with E-state index in [9.17, 15) is 4.79 Å². The minimum atomic E-state index is -0.0415. The van der Waals surface area contributed by atoms with Crippen LogP contribution in [0.15, 0.2) is 42.5 Å². The zero-order valence-corrected chi connectivity index (χ0v) is 12.9. The van der Waals surface area contributed by atoms with Crippen LogP contribution < -0.4 is 10.6 Å². The summed E-state index contributed by atoms with van der Waals surface area (Å²) in [5.74, 6) is -0.0415. The molecule has 0 aliphatic rings. The number of hydrogen-bond donors (Lipinski definition) is 2. The predicted molar refractivity (Wildman–Crippen MR) is 88.9 cm³/mol. The Balaban J connectivity index is 1.91. The molecule has 2 aromatic rings. The van der Waals surface area contributed by atoms with E-state index in [1.165, 1.54) is 11.1 Å². The highest BCUT2D eigenvalue weighted by Crippen LogP contribution is 2.16. The minimum absolute atomic E-state index is 0.0415. The van der Waals surface area contributed by atoms with Crippen LogP contribution in [-0.4, -0.2) is 12.5 Å². The highest BCUT2D eigenvalue weighted by molar-refractivity contribution is 5.93. The summed E-state index contributed by atoms with van der Waals surface area (Å²) in [5, 5.41) is 6.08. The van der Waals surface area contributed by atoms with E-state index in [1.54, 1.807) is 0 Å². The third-order valence-electron chi connectivity index (χ3n) is 3.48. The molecular weight excluding hydrogens is 260 g/mol. The minimum Gasteiger partial charge on any atom is -0.376 e. The molecule has 0 bridgehead atoms. The highest BCUT2D eigenvalue weighted by Gasteiger charge is 2.04. The van der Waals surface area contributed by atoms with Crippen molar-refractivity contribution < 1.29 is 4.79 Å². The molecule has 1 amide bonds. The van der Waals surface area contributed by atoms with E-state index in [4.69, 9.17) is 0 Å². The molecule has 0 radical (unpaired) electrons. The van der Waals surface area contributed by atoms with Gasteiger partial charge in [0.1, 0.15) is 0 Å². The van der Waals surface area contributed by atoms with E-state index >= 15 is 0 Å². The van der Waals surface area contributed by atoms with Crippen LogP contribution >= 0.6 is 0 Å². The number of benzene rings is 2. The van der Waals surface area contributed by atoms with Gasteiger partial charge in [0.2, 0.25) is 5.91 Å². The fourth-order valence-electron chi connectivity index (χ4n) is 2.13. The van der Waals surface area contributed by atoms with Crippen LogP contribution in [0.3, 0.4) is 0 Å². The molecule has 0 unspecified atom stereocenters. The predicted octanol–water partition coefficient (Wildman–Crippen LogP) is 3.92. The van der Waals surface area contributed by atoms with E-state index in [2.05, 4.69) is 35.8 Å². The van der Waals surface area contributed by atoms with Gasteiger partial charge in [-0.3, -0.25) is 4.79 Å². The third-order valence-corrected chi connectivity index (χ3v) is 3.48. The summed E-state index contributed by atoms with van der Waals surface area (Å²) in [7, 11) is 0. The van der Waals surface area contributed by atoms with Gasteiger partial charge in [-0.05, 0) is 55.2 Å². The number of carbonyl (C=O) groups excluding carboxylic acids is 1. The van der Waals surface area contributed by atoms with Crippen molar-refractivity contribution in [1.29, 1.82) is 0 Å². The van der Waals surface area contributed by atoms with Crippen molar-refractivity contribution in [2.45, 2.75) is 27.2 Å². The van der Waals surface area contributed by atoms with Gasteiger partial charge >= 0.3 is 0 Å². The number of carbonyl (C=O) groups is 1. The zero-order chi connectivity index (χ0) is 15.2. The Labute approximate surface area is 126 Å². The summed E-state index contributed by atoms with van der Waals surface area (Å²) in [6.07, 6.45) is 1.00. The average Bonchev–Trinajstić information content (AvgIpc) is 2.49. The summed E-state index contributed by atoms with van der Waals surface area (Å²) in [5.41, 5.74) is 5.42. The smallest absolute Gasteiger partial charge is 0.243 e. The first-order valence-electron chi connectivity index (χ1n) is 7.28. The monoisotopic (exact) mass is 282 g/mol. The molecule has 0 saturated heterocycles. The quantitative estimate of drug-likeness (QED) is 0.872. The maximum atomic E-state index is 12.0. The molecule has 2 aromatic carbocycles. The lowest BCUT2D eigenvalue weighted by atomic mass is 10.1. The van der Waals surface area contributed by atoms with Crippen molar-refractivity contribution in [2.24, 2.45) is 0 Å². The second-order valence-electron chi connectivity index (χ2n) is 5.27. The van der Waals surface area contributed by atoms with Crippen LogP contribution in [0.2, 0.25) is 0 Å². The zero-order valence-electron chi connectivity index (χ0n) is 12.9. The molecule has 0 aliphatic carbocycles. The number of hydrogen-bond acceptors (Lipinski definition) is 2. The standard InChI is InChI=1S/C18H22N2O/c1-4-15-7-9-16(10-8-15)20-18(21)12-19-17-11-13(2)5-6-14(17)3/h5-11,19H,4,12H2,1-3H3,(H,20,21). The summed E-state index contributed by atoms with van der Waals surface area (Å²) in [4.78, 5) is 12.0. The Morgan fingerprint density at radius 1 is 1.05 bits per heavy atom. The average molecular weight is 282 g/mol. The van der Waals surface area contributed by atoms with E-state index < -0.39 is 0 Å². The lowest BCUT2D eigenvalue weighted by Gasteiger charge is -2.11. The Kier molecular flexibility index (Phi) is 4.99. The first-order valence-corrected chi connectivity index (χ1v) is 7.28. The van der Waals surface area contributed by atoms with Crippen LogP contribution in [-0.2, 0) is 11.2 Å². The van der Waals surface area contributed by atoms with Gasteiger partial charge in [0.15, 0.2) is 0 Å². The van der Waals surface area contributed by atoms with Crippen LogP contribution in [0.1, 0.15) is 23.6 Å². The topological polar surface area (TPSA) is 41.1 Å². The van der Waals surface area contributed by atoms with Crippen molar-refractivity contribution in [3.05, 3.63) is 59.2 Å². The van der Waals surface area contributed by atoms with Gasteiger partial charge in [0.05, 0.1) is 6.54 Å². The van der Waals surface area contributed by atoms with E-state index in [0.717, 1.165) is 23.4 Å². The third kappa shape index (κ3) is 4.35. The molecule has 3 heteroatoms. The maximum Gasteiger partial charge on any atom is 0.243 e. The van der Waals surface area contributed by atoms with Gasteiger partial charge in [-0.25, -0.2) is 0 Å². The second-order valence-corrected chi connectivity index (χ2v) is 5.27. The van der Waals surface area contributed by atoms with Crippen molar-refractivity contribution in [3.63, 3.8) is 0 Å². The van der Waals surface area contributed by atoms with Gasteiger partial charge in [-0.1, -0.05) is 31.2 Å². The summed E-state index contributed by atoms with van der Waals surface area (Å²) < 4.78 is 0. The molecule has 0 heterocycles. The fraction of sp³-hybridized carbons (Fsp3) is 0.278. The Bertz CT molecular complexity index is 618. The van der Waals surface area contributed by atoms with Gasteiger partial charge in [0.25, 0.3) is 0 Å². The van der Waals surface area contributed by atoms with Crippen molar-refractivity contribution in [3.8, 4) is 0 Å². The lowest BCUT2D eigenvalue weighted by Crippen LogP contribution is -2.22. The molecule has 0 spiro atoms. The fourth-order valence-corrected chi connectivity index (χ4v) is 2.13. The number of amides is 1. The van der Waals surface area contributed by atoms with Gasteiger partial charge in [-0.15, -0.1) is 0 Å². The van der Waals surface area contributed by atoms with Gasteiger partial charge < -0.3 is 10.6 Å². The SMILES string of the molecule is CCc1ccc(NC(=O)CNc2cc(C)ccc2C)cc1. The molecule has 0 atom stereocenters. The second kappa shape index (κ2) is 6.93. The van der Waals surface area contributed by atoms with Crippen molar-refractivity contribution >= 4 is 17.3 Å². The molecule has 0 aliphatic heterocycles. The number of nitrogens with one attached hydrogen (secondary N) is 2. The lowest BCUT2D eigenvalue weighted by molar-refractivity contribution is -0.114. The molecule has 0 aromatic heterocycles. The summed E-state index contributed by atoms with van der Waals surface area (Å²) in [6, 6.07) is 14.1. The number of anilines is 2. The van der Waals surface area contributed by atoms with Crippen molar-refractivity contribution in [2.75, 3.05) is 17.2 Å². The van der Waals surface area contributed by atoms with Crippen LogP contribution in [0, 0.1) is 13.8 Å². The molecule has 110 valence electrons. The van der Waals surface area contributed by atoms with E-state index in [-0.39, 0.29) is 12.5 Å². The number of aryl methyl sites for hydroxylation is 3. The largest absolute Gasteiger partial charge is 0.376 e. The molecule has 2 N–H and O–H groups in total. The van der Waals surface area contributed by atoms with Crippen LogP contribution in [0.4, 0.5) is 11.4 Å². The Morgan fingerprint density at radius 2 is 1.76 bits per heavy atom. The summed E-state index contributed by atoms with van der Waals surface area (Å²) >= 11 is 0. The van der Waals surface area contributed by atoms with E-state index in [1.807, 2.05) is 38.1 Å². The molecular formula is C18H22N2O. The highest BCUT2D eigenvalue weighted by atomic mass is 16.1. The normalized spacial score (nSPS) is 10.2. The Hall–Kier alpha value is -2.29. The van der Waals surface area contributed by atoms with Crippen molar-refractivity contribution in [1.82, 2.24) is 0 Å². The molecule has 0 fully saturated rings.